The van der Waals surface area contributed by atoms with Crippen LogP contribution in [0.2, 0.25) is 0 Å². The van der Waals surface area contributed by atoms with E-state index in [1.54, 1.807) is 11.9 Å². The Kier molecular flexibility index (Phi) is 4.65. The van der Waals surface area contributed by atoms with Crippen molar-refractivity contribution in [3.05, 3.63) is 11.6 Å². The number of allylic oxidation sites excluding steroid dienone is 1. The zero-order valence-corrected chi connectivity index (χ0v) is 12.3. The van der Waals surface area contributed by atoms with Crippen LogP contribution in [0.3, 0.4) is 0 Å². The molecule has 0 aromatic heterocycles. The number of nitrogens with zero attached hydrogens (tertiary/aromatic N) is 1. The van der Waals surface area contributed by atoms with Crippen molar-refractivity contribution < 1.29 is 4.79 Å². The normalized spacial score (nSPS) is 25.1. The summed E-state index contributed by atoms with van der Waals surface area (Å²) >= 11 is 6.32. The largest absolute Gasteiger partial charge is 0.344 e. The van der Waals surface area contributed by atoms with Gasteiger partial charge < -0.3 is 4.90 Å². The molecule has 2 nitrogen and oxygen atoms in total. The van der Waals surface area contributed by atoms with E-state index in [-0.39, 0.29) is 11.3 Å². The lowest BCUT2D eigenvalue weighted by molar-refractivity contribution is -0.128. The van der Waals surface area contributed by atoms with Crippen molar-refractivity contribution in [3.63, 3.8) is 0 Å². The van der Waals surface area contributed by atoms with E-state index in [0.717, 1.165) is 18.4 Å². The standard InChI is InChI=1S/C14H24ClNO/c1-6-16(5)13(17)12(15)11-7-10(2)8-14(3,4)9-11/h7,10,12H,6,8-9H2,1-5H3. The molecule has 0 spiro atoms. The lowest BCUT2D eigenvalue weighted by atomic mass is 9.72. The molecule has 0 saturated carbocycles. The molecule has 17 heavy (non-hydrogen) atoms. The van der Waals surface area contributed by atoms with Gasteiger partial charge in [0.05, 0.1) is 0 Å². The van der Waals surface area contributed by atoms with E-state index in [2.05, 4.69) is 26.8 Å². The molecule has 0 bridgehead atoms. The summed E-state index contributed by atoms with van der Waals surface area (Å²) in [5.74, 6) is 0.528. The second-order valence-corrected chi connectivity index (χ2v) is 6.42. The van der Waals surface area contributed by atoms with Crippen molar-refractivity contribution in [1.82, 2.24) is 4.90 Å². The first-order valence-electron chi connectivity index (χ1n) is 6.36. The van der Waals surface area contributed by atoms with Gasteiger partial charge in [0, 0.05) is 13.6 Å². The summed E-state index contributed by atoms with van der Waals surface area (Å²) in [7, 11) is 1.80. The van der Waals surface area contributed by atoms with Crippen LogP contribution in [0.4, 0.5) is 0 Å². The molecule has 1 amide bonds. The Bertz CT molecular complexity index is 322. The second-order valence-electron chi connectivity index (χ2n) is 5.98. The first-order chi connectivity index (χ1) is 7.76. The van der Waals surface area contributed by atoms with Gasteiger partial charge in [-0.2, -0.15) is 0 Å². The third-order valence-corrected chi connectivity index (χ3v) is 3.92. The van der Waals surface area contributed by atoms with E-state index >= 15 is 0 Å². The van der Waals surface area contributed by atoms with Crippen LogP contribution in [0, 0.1) is 11.3 Å². The number of hydrogen-bond donors (Lipinski definition) is 0. The minimum atomic E-state index is -0.484. The molecule has 0 heterocycles. The van der Waals surface area contributed by atoms with E-state index in [9.17, 15) is 4.79 Å². The van der Waals surface area contributed by atoms with Crippen LogP contribution < -0.4 is 0 Å². The third kappa shape index (κ3) is 3.74. The minimum absolute atomic E-state index is 0.0188. The van der Waals surface area contributed by atoms with Gasteiger partial charge in [0.15, 0.2) is 0 Å². The molecule has 1 rings (SSSR count). The highest BCUT2D eigenvalue weighted by atomic mass is 35.5. The van der Waals surface area contributed by atoms with Gasteiger partial charge in [0.25, 0.3) is 0 Å². The molecule has 98 valence electrons. The lowest BCUT2D eigenvalue weighted by Crippen LogP contribution is -2.36. The fourth-order valence-electron chi connectivity index (χ4n) is 2.66. The smallest absolute Gasteiger partial charge is 0.244 e. The zero-order chi connectivity index (χ0) is 13.2. The molecular formula is C14H24ClNO. The molecular weight excluding hydrogens is 234 g/mol. The number of amides is 1. The van der Waals surface area contributed by atoms with E-state index in [1.807, 2.05) is 6.92 Å². The van der Waals surface area contributed by atoms with Crippen LogP contribution in [0.5, 0.6) is 0 Å². The van der Waals surface area contributed by atoms with E-state index < -0.39 is 5.38 Å². The number of carbonyl (C=O) groups excluding carboxylic acids is 1. The van der Waals surface area contributed by atoms with Gasteiger partial charge in [-0.15, -0.1) is 11.6 Å². The second kappa shape index (κ2) is 5.43. The van der Waals surface area contributed by atoms with Crippen molar-refractivity contribution in [2.24, 2.45) is 11.3 Å². The number of rotatable bonds is 3. The van der Waals surface area contributed by atoms with E-state index in [4.69, 9.17) is 11.6 Å². The van der Waals surface area contributed by atoms with Gasteiger partial charge in [-0.05, 0) is 36.7 Å². The highest BCUT2D eigenvalue weighted by molar-refractivity contribution is 6.32. The summed E-state index contributed by atoms with van der Waals surface area (Å²) < 4.78 is 0. The molecule has 0 aliphatic heterocycles. The predicted octanol–water partition coefficient (Wildman–Crippen LogP) is 3.45. The van der Waals surface area contributed by atoms with Crippen LogP contribution in [-0.4, -0.2) is 29.8 Å². The Morgan fingerprint density at radius 3 is 2.71 bits per heavy atom. The Morgan fingerprint density at radius 1 is 1.65 bits per heavy atom. The summed E-state index contributed by atoms with van der Waals surface area (Å²) in [6, 6.07) is 0. The van der Waals surface area contributed by atoms with Crippen molar-refractivity contribution in [2.45, 2.75) is 45.9 Å². The van der Waals surface area contributed by atoms with Crippen molar-refractivity contribution in [2.75, 3.05) is 13.6 Å². The number of halogens is 1. The van der Waals surface area contributed by atoms with Crippen LogP contribution in [0.15, 0.2) is 11.6 Å². The minimum Gasteiger partial charge on any atom is -0.344 e. The molecule has 2 unspecified atom stereocenters. The quantitative estimate of drug-likeness (QED) is 0.560. The van der Waals surface area contributed by atoms with Crippen molar-refractivity contribution in [3.8, 4) is 0 Å². The van der Waals surface area contributed by atoms with E-state index in [1.165, 1.54) is 0 Å². The molecule has 0 saturated heterocycles. The number of carbonyl (C=O) groups is 1. The van der Waals surface area contributed by atoms with Gasteiger partial charge in [0.2, 0.25) is 5.91 Å². The lowest BCUT2D eigenvalue weighted by Gasteiger charge is -2.35. The summed E-state index contributed by atoms with van der Waals surface area (Å²) in [6.07, 6.45) is 4.27. The van der Waals surface area contributed by atoms with Crippen molar-refractivity contribution >= 4 is 17.5 Å². The van der Waals surface area contributed by atoms with E-state index in [0.29, 0.717) is 12.5 Å². The fourth-order valence-corrected chi connectivity index (χ4v) is 2.98. The summed E-state index contributed by atoms with van der Waals surface area (Å²) in [6.45, 7) is 9.35. The molecule has 0 aromatic carbocycles. The first kappa shape index (κ1) is 14.6. The van der Waals surface area contributed by atoms with Crippen LogP contribution in [0.25, 0.3) is 0 Å². The molecule has 1 aliphatic rings. The highest BCUT2D eigenvalue weighted by Crippen LogP contribution is 2.40. The molecule has 0 aromatic rings. The molecule has 1 aliphatic carbocycles. The van der Waals surface area contributed by atoms with Gasteiger partial charge in [-0.1, -0.05) is 26.8 Å². The highest BCUT2D eigenvalue weighted by Gasteiger charge is 2.32. The Balaban J connectivity index is 2.82. The maximum atomic E-state index is 12.0. The average molecular weight is 258 g/mol. The molecule has 0 radical (unpaired) electrons. The Morgan fingerprint density at radius 2 is 2.24 bits per heavy atom. The van der Waals surface area contributed by atoms with Gasteiger partial charge >= 0.3 is 0 Å². The van der Waals surface area contributed by atoms with Crippen molar-refractivity contribution in [1.29, 1.82) is 0 Å². The third-order valence-electron chi connectivity index (χ3n) is 3.45. The monoisotopic (exact) mass is 257 g/mol. The average Bonchev–Trinajstić information content (AvgIpc) is 2.23. The molecule has 3 heteroatoms. The van der Waals surface area contributed by atoms with Crippen LogP contribution in [-0.2, 0) is 4.79 Å². The topological polar surface area (TPSA) is 20.3 Å². The summed E-state index contributed by atoms with van der Waals surface area (Å²) in [5.41, 5.74) is 1.35. The Hall–Kier alpha value is -0.500. The van der Waals surface area contributed by atoms with Crippen LogP contribution >= 0.6 is 11.6 Å². The molecule has 0 fully saturated rings. The fraction of sp³-hybridized carbons (Fsp3) is 0.786. The van der Waals surface area contributed by atoms with Gasteiger partial charge in [0.1, 0.15) is 5.38 Å². The van der Waals surface area contributed by atoms with Gasteiger partial charge in [-0.25, -0.2) is 0 Å². The SMILES string of the molecule is CCN(C)C(=O)C(Cl)C1=CC(C)CC(C)(C)C1. The Labute approximate surface area is 110 Å². The first-order valence-corrected chi connectivity index (χ1v) is 6.80. The maximum Gasteiger partial charge on any atom is 0.244 e. The summed E-state index contributed by atoms with van der Waals surface area (Å²) in [4.78, 5) is 13.7. The number of hydrogen-bond acceptors (Lipinski definition) is 1. The summed E-state index contributed by atoms with van der Waals surface area (Å²) in [5, 5.41) is -0.484. The molecule has 0 N–H and O–H groups in total. The van der Waals surface area contributed by atoms with Crippen LogP contribution in [0.1, 0.15) is 40.5 Å². The van der Waals surface area contributed by atoms with Gasteiger partial charge in [-0.3, -0.25) is 4.79 Å². The zero-order valence-electron chi connectivity index (χ0n) is 11.6. The predicted molar refractivity (Wildman–Crippen MR) is 73.2 cm³/mol. The maximum absolute atomic E-state index is 12.0. The molecule has 2 atom stereocenters. The number of alkyl halides is 1.